The minimum atomic E-state index is 0.641. The van der Waals surface area contributed by atoms with Crippen LogP contribution in [-0.4, -0.2) is 4.57 Å². The van der Waals surface area contributed by atoms with Gasteiger partial charge in [-0.25, -0.2) is 9.13 Å². The van der Waals surface area contributed by atoms with Gasteiger partial charge in [-0.2, -0.15) is 0 Å². The summed E-state index contributed by atoms with van der Waals surface area (Å²) in [7, 11) is 0. The molecule has 0 bridgehead atoms. The molecule has 2 heteroatoms. The van der Waals surface area contributed by atoms with Gasteiger partial charge in [0.05, 0.1) is 12.6 Å². The predicted molar refractivity (Wildman–Crippen MR) is 147 cm³/mol. The second-order valence-corrected chi connectivity index (χ2v) is 10.8. The summed E-state index contributed by atoms with van der Waals surface area (Å²) in [6, 6.07) is 0.641. The second kappa shape index (κ2) is 23.0. The average Bonchev–Trinajstić information content (AvgIpc) is 3.30. The highest BCUT2D eigenvalue weighted by atomic mass is 15.1. The van der Waals surface area contributed by atoms with Crippen LogP contribution in [0.25, 0.3) is 0 Å². The number of imidazole rings is 1. The summed E-state index contributed by atoms with van der Waals surface area (Å²) in [5.41, 5.74) is 0. The van der Waals surface area contributed by atoms with Gasteiger partial charge in [-0.3, -0.25) is 0 Å². The highest BCUT2D eigenvalue weighted by molar-refractivity contribution is 4.72. The van der Waals surface area contributed by atoms with Crippen molar-refractivity contribution in [1.29, 1.82) is 0 Å². The Morgan fingerprint density at radius 3 is 1.39 bits per heavy atom. The van der Waals surface area contributed by atoms with Crippen molar-refractivity contribution in [3.05, 3.63) is 18.7 Å². The van der Waals surface area contributed by atoms with Gasteiger partial charge in [-0.05, 0) is 32.6 Å². The molecule has 0 N–H and O–H groups in total. The zero-order valence-corrected chi connectivity index (χ0v) is 23.2. The van der Waals surface area contributed by atoms with E-state index in [0.29, 0.717) is 6.04 Å². The molecule has 0 amide bonds. The van der Waals surface area contributed by atoms with Crippen molar-refractivity contribution in [1.82, 2.24) is 4.57 Å². The van der Waals surface area contributed by atoms with Gasteiger partial charge in [0.2, 0.25) is 6.33 Å². The van der Waals surface area contributed by atoms with Gasteiger partial charge >= 0.3 is 0 Å². The molecule has 1 aromatic heterocycles. The zero-order chi connectivity index (χ0) is 23.8. The van der Waals surface area contributed by atoms with Crippen molar-refractivity contribution in [3.63, 3.8) is 0 Å². The van der Waals surface area contributed by atoms with Gasteiger partial charge in [0, 0.05) is 0 Å². The first-order valence-electron chi connectivity index (χ1n) is 15.3. The standard InChI is InChI=1S/C31H61N2/c1-4-6-8-10-12-14-15-16-17-18-20-22-24-26-31(3)33-29-28-32(30-33)27-25-23-21-19-13-11-9-7-5-2/h28-31H,4-27H2,1-3H3/q+1. The lowest BCUT2D eigenvalue weighted by atomic mass is 10.0. The number of hydrogen-bond acceptors (Lipinski definition) is 0. The smallest absolute Gasteiger partial charge is 0.237 e. The molecule has 194 valence electrons. The Balaban J connectivity index is 1.92. The Morgan fingerprint density at radius 2 is 0.939 bits per heavy atom. The van der Waals surface area contributed by atoms with Crippen LogP contribution in [0.3, 0.4) is 0 Å². The summed E-state index contributed by atoms with van der Waals surface area (Å²) in [5, 5.41) is 0. The summed E-state index contributed by atoms with van der Waals surface area (Å²) in [4.78, 5) is 0. The molecule has 1 atom stereocenters. The minimum absolute atomic E-state index is 0.641. The summed E-state index contributed by atoms with van der Waals surface area (Å²) in [6.07, 6.45) is 39.7. The van der Waals surface area contributed by atoms with Crippen LogP contribution in [0.2, 0.25) is 0 Å². The second-order valence-electron chi connectivity index (χ2n) is 10.8. The molecule has 2 nitrogen and oxygen atoms in total. The van der Waals surface area contributed by atoms with Crippen LogP contribution in [0.1, 0.15) is 174 Å². The van der Waals surface area contributed by atoms with E-state index in [2.05, 4.69) is 48.6 Å². The van der Waals surface area contributed by atoms with Gasteiger partial charge in [0.25, 0.3) is 0 Å². The maximum absolute atomic E-state index is 2.44. The molecule has 1 unspecified atom stereocenters. The molecular formula is C31H61N2+. The highest BCUT2D eigenvalue weighted by Crippen LogP contribution is 2.17. The SMILES string of the molecule is CCCCCCCCCCCCCCCC(C)n1cc[n+](CCCCCCCCCCC)c1. The van der Waals surface area contributed by atoms with Gasteiger partial charge in [0.1, 0.15) is 12.4 Å². The van der Waals surface area contributed by atoms with Gasteiger partial charge in [-0.1, -0.05) is 136 Å². The summed E-state index contributed by atoms with van der Waals surface area (Å²) in [6.45, 7) is 8.18. The summed E-state index contributed by atoms with van der Waals surface area (Å²) < 4.78 is 4.84. The molecule has 1 heterocycles. The minimum Gasteiger partial charge on any atom is -0.237 e. The largest absolute Gasteiger partial charge is 0.243 e. The quantitative estimate of drug-likeness (QED) is 0.101. The van der Waals surface area contributed by atoms with Crippen LogP contribution < -0.4 is 4.57 Å². The molecule has 0 spiro atoms. The van der Waals surface area contributed by atoms with Crippen LogP contribution in [0.15, 0.2) is 18.7 Å². The van der Waals surface area contributed by atoms with Crippen molar-refractivity contribution < 1.29 is 4.57 Å². The van der Waals surface area contributed by atoms with Gasteiger partial charge in [0.15, 0.2) is 0 Å². The fraction of sp³-hybridized carbons (Fsp3) is 0.903. The van der Waals surface area contributed by atoms with Crippen LogP contribution in [0.5, 0.6) is 0 Å². The molecule has 0 saturated carbocycles. The van der Waals surface area contributed by atoms with Crippen LogP contribution in [0.4, 0.5) is 0 Å². The van der Waals surface area contributed by atoms with Crippen LogP contribution >= 0.6 is 0 Å². The van der Waals surface area contributed by atoms with Crippen molar-refractivity contribution in [2.24, 2.45) is 0 Å². The maximum atomic E-state index is 2.44. The molecule has 0 aliphatic carbocycles. The lowest BCUT2D eigenvalue weighted by Crippen LogP contribution is -2.31. The van der Waals surface area contributed by atoms with E-state index in [9.17, 15) is 0 Å². The molecule has 0 radical (unpaired) electrons. The third-order valence-corrected chi connectivity index (χ3v) is 7.47. The van der Waals surface area contributed by atoms with E-state index in [0.717, 1.165) is 0 Å². The third-order valence-electron chi connectivity index (χ3n) is 7.47. The molecule has 0 fully saturated rings. The predicted octanol–water partition coefficient (Wildman–Crippen LogP) is 10.3. The molecule has 1 rings (SSSR count). The van der Waals surface area contributed by atoms with E-state index in [1.54, 1.807) is 0 Å². The summed E-state index contributed by atoms with van der Waals surface area (Å²) in [5.74, 6) is 0. The maximum Gasteiger partial charge on any atom is 0.243 e. The lowest BCUT2D eigenvalue weighted by Gasteiger charge is -2.08. The molecule has 1 aromatic rings. The first-order chi connectivity index (χ1) is 16.3. The number of aryl methyl sites for hydroxylation is 1. The zero-order valence-electron chi connectivity index (χ0n) is 23.2. The number of nitrogens with zero attached hydrogens (tertiary/aromatic N) is 2. The number of aromatic nitrogens is 2. The Labute approximate surface area is 208 Å². The Morgan fingerprint density at radius 1 is 0.545 bits per heavy atom. The van der Waals surface area contributed by atoms with E-state index in [4.69, 9.17) is 0 Å². The van der Waals surface area contributed by atoms with E-state index in [1.165, 1.54) is 154 Å². The van der Waals surface area contributed by atoms with E-state index in [1.807, 2.05) is 0 Å². The fourth-order valence-corrected chi connectivity index (χ4v) is 5.02. The molecule has 33 heavy (non-hydrogen) atoms. The topological polar surface area (TPSA) is 8.81 Å². The van der Waals surface area contributed by atoms with Gasteiger partial charge < -0.3 is 0 Å². The van der Waals surface area contributed by atoms with Crippen molar-refractivity contribution in [2.45, 2.75) is 181 Å². The highest BCUT2D eigenvalue weighted by Gasteiger charge is 2.11. The lowest BCUT2D eigenvalue weighted by molar-refractivity contribution is -0.697. The molecular weight excluding hydrogens is 400 g/mol. The van der Waals surface area contributed by atoms with Crippen LogP contribution in [-0.2, 0) is 6.54 Å². The first kappa shape index (κ1) is 30.2. The Hall–Kier alpha value is -0.790. The average molecular weight is 462 g/mol. The Bertz CT molecular complexity index is 507. The first-order valence-corrected chi connectivity index (χ1v) is 15.3. The number of hydrogen-bond donors (Lipinski definition) is 0. The molecule has 0 saturated heterocycles. The molecule has 0 aliphatic heterocycles. The molecule has 0 aromatic carbocycles. The van der Waals surface area contributed by atoms with Crippen molar-refractivity contribution >= 4 is 0 Å². The fourth-order valence-electron chi connectivity index (χ4n) is 5.02. The monoisotopic (exact) mass is 461 g/mol. The van der Waals surface area contributed by atoms with Crippen molar-refractivity contribution in [2.75, 3.05) is 0 Å². The normalized spacial score (nSPS) is 12.5. The number of unbranched alkanes of at least 4 members (excludes halogenated alkanes) is 20. The van der Waals surface area contributed by atoms with Gasteiger partial charge in [-0.15, -0.1) is 0 Å². The van der Waals surface area contributed by atoms with E-state index in [-0.39, 0.29) is 0 Å². The summed E-state index contributed by atoms with van der Waals surface area (Å²) >= 11 is 0. The number of rotatable bonds is 25. The molecule has 0 aliphatic rings. The third kappa shape index (κ3) is 18.2. The van der Waals surface area contributed by atoms with Crippen LogP contribution in [0, 0.1) is 0 Å². The van der Waals surface area contributed by atoms with E-state index >= 15 is 0 Å². The van der Waals surface area contributed by atoms with Crippen molar-refractivity contribution in [3.8, 4) is 0 Å². The Kier molecular flexibility index (Phi) is 21.1. The van der Waals surface area contributed by atoms with E-state index < -0.39 is 0 Å².